The first-order valence-corrected chi connectivity index (χ1v) is 8.15. The zero-order valence-electron chi connectivity index (χ0n) is 14.0. The molecule has 2 heterocycles. The maximum absolute atomic E-state index is 12.4. The molecular weight excluding hydrogens is 304 g/mol. The lowest BCUT2D eigenvalue weighted by Gasteiger charge is -2.36. The van der Waals surface area contributed by atoms with Gasteiger partial charge in [0.1, 0.15) is 0 Å². The van der Waals surface area contributed by atoms with Crippen LogP contribution in [0.15, 0.2) is 36.5 Å². The van der Waals surface area contributed by atoms with Gasteiger partial charge in [0.05, 0.1) is 24.7 Å². The van der Waals surface area contributed by atoms with Crippen LogP contribution < -0.4 is 5.32 Å². The van der Waals surface area contributed by atoms with E-state index in [9.17, 15) is 9.59 Å². The van der Waals surface area contributed by atoms with Gasteiger partial charge < -0.3 is 10.2 Å². The lowest BCUT2D eigenvalue weighted by atomic mass is 9.90. The van der Waals surface area contributed by atoms with Crippen molar-refractivity contribution in [2.24, 2.45) is 7.05 Å². The number of amides is 2. The smallest absolute Gasteiger partial charge is 0.222 e. The van der Waals surface area contributed by atoms with Crippen molar-refractivity contribution >= 4 is 11.8 Å². The van der Waals surface area contributed by atoms with Crippen LogP contribution in [0.4, 0.5) is 0 Å². The molecule has 6 nitrogen and oxygen atoms in total. The van der Waals surface area contributed by atoms with Crippen molar-refractivity contribution in [1.29, 1.82) is 0 Å². The van der Waals surface area contributed by atoms with E-state index < -0.39 is 0 Å². The van der Waals surface area contributed by atoms with Gasteiger partial charge in [0.25, 0.3) is 0 Å². The number of hydrogen-bond donors (Lipinski definition) is 1. The Morgan fingerprint density at radius 2 is 2.08 bits per heavy atom. The number of aryl methyl sites for hydroxylation is 1. The normalized spacial score (nSPS) is 16.6. The maximum Gasteiger partial charge on any atom is 0.222 e. The third-order valence-electron chi connectivity index (χ3n) is 4.58. The van der Waals surface area contributed by atoms with Crippen LogP contribution in [0, 0.1) is 0 Å². The van der Waals surface area contributed by atoms with Crippen molar-refractivity contribution in [3.05, 3.63) is 53.3 Å². The van der Waals surface area contributed by atoms with Gasteiger partial charge in [-0.25, -0.2) is 0 Å². The van der Waals surface area contributed by atoms with Crippen LogP contribution in [0.3, 0.4) is 0 Å². The van der Waals surface area contributed by atoms with Crippen LogP contribution >= 0.6 is 0 Å². The summed E-state index contributed by atoms with van der Waals surface area (Å²) in [5.74, 6) is -0.0573. The molecule has 0 saturated heterocycles. The lowest BCUT2D eigenvalue weighted by molar-refractivity contribution is -0.133. The van der Waals surface area contributed by atoms with Gasteiger partial charge in [-0.2, -0.15) is 5.10 Å². The Morgan fingerprint density at radius 1 is 1.29 bits per heavy atom. The van der Waals surface area contributed by atoms with Crippen molar-refractivity contribution in [2.45, 2.75) is 32.4 Å². The highest BCUT2D eigenvalue weighted by Crippen LogP contribution is 2.32. The van der Waals surface area contributed by atoms with E-state index >= 15 is 0 Å². The van der Waals surface area contributed by atoms with E-state index in [0.29, 0.717) is 13.1 Å². The molecule has 1 aliphatic rings. The van der Waals surface area contributed by atoms with Crippen LogP contribution in [0.5, 0.6) is 0 Å². The second-order valence-corrected chi connectivity index (χ2v) is 6.10. The van der Waals surface area contributed by atoms with E-state index in [-0.39, 0.29) is 24.3 Å². The number of carbonyl (C=O) groups is 2. The van der Waals surface area contributed by atoms with Gasteiger partial charge in [-0.15, -0.1) is 0 Å². The number of fused-ring (bicyclic) bond motifs is 1. The Kier molecular flexibility index (Phi) is 4.64. The van der Waals surface area contributed by atoms with Crippen molar-refractivity contribution in [3.63, 3.8) is 0 Å². The SMILES string of the molecule is CC(=O)N1CCc2ccccc2[C@H]1CC(=O)NCc1ccnn1C. The van der Waals surface area contributed by atoms with Crippen LogP contribution in [-0.4, -0.2) is 33.0 Å². The number of carbonyl (C=O) groups excluding carboxylic acids is 2. The summed E-state index contributed by atoms with van der Waals surface area (Å²) < 4.78 is 1.73. The average molecular weight is 326 g/mol. The zero-order valence-corrected chi connectivity index (χ0v) is 14.0. The van der Waals surface area contributed by atoms with Crippen LogP contribution in [0.1, 0.15) is 36.2 Å². The fourth-order valence-electron chi connectivity index (χ4n) is 3.26. The predicted molar refractivity (Wildman–Crippen MR) is 89.9 cm³/mol. The van der Waals surface area contributed by atoms with E-state index in [2.05, 4.69) is 16.5 Å². The summed E-state index contributed by atoms with van der Waals surface area (Å²) in [5.41, 5.74) is 3.24. The summed E-state index contributed by atoms with van der Waals surface area (Å²) in [7, 11) is 1.84. The maximum atomic E-state index is 12.4. The van der Waals surface area contributed by atoms with E-state index in [0.717, 1.165) is 17.7 Å². The number of aromatic nitrogens is 2. The van der Waals surface area contributed by atoms with Crippen molar-refractivity contribution in [3.8, 4) is 0 Å². The molecule has 1 aromatic heterocycles. The highest BCUT2D eigenvalue weighted by Gasteiger charge is 2.30. The number of nitrogens with one attached hydrogen (secondary N) is 1. The number of benzene rings is 1. The predicted octanol–water partition coefficient (Wildman–Crippen LogP) is 1.57. The third-order valence-corrected chi connectivity index (χ3v) is 4.58. The van der Waals surface area contributed by atoms with Gasteiger partial charge >= 0.3 is 0 Å². The minimum atomic E-state index is -0.195. The molecule has 0 spiro atoms. The summed E-state index contributed by atoms with van der Waals surface area (Å²) in [6.07, 6.45) is 2.81. The molecule has 0 bridgehead atoms. The summed E-state index contributed by atoms with van der Waals surface area (Å²) in [6, 6.07) is 9.73. The third kappa shape index (κ3) is 3.32. The molecule has 1 aromatic carbocycles. The molecule has 0 radical (unpaired) electrons. The van der Waals surface area contributed by atoms with E-state index in [1.54, 1.807) is 22.7 Å². The molecule has 2 amide bonds. The molecule has 24 heavy (non-hydrogen) atoms. The van der Waals surface area contributed by atoms with Crippen LogP contribution in [0.25, 0.3) is 0 Å². The van der Waals surface area contributed by atoms with E-state index in [4.69, 9.17) is 0 Å². The van der Waals surface area contributed by atoms with Gasteiger partial charge in [-0.3, -0.25) is 14.3 Å². The first kappa shape index (κ1) is 16.2. The minimum absolute atomic E-state index is 0.00828. The van der Waals surface area contributed by atoms with Crippen molar-refractivity contribution in [1.82, 2.24) is 20.0 Å². The largest absolute Gasteiger partial charge is 0.350 e. The topological polar surface area (TPSA) is 67.2 Å². The molecular formula is C18H22N4O2. The summed E-state index contributed by atoms with van der Waals surface area (Å²) in [4.78, 5) is 26.2. The Balaban J connectivity index is 1.72. The molecule has 0 unspecified atom stereocenters. The zero-order chi connectivity index (χ0) is 17.1. The summed E-state index contributed by atoms with van der Waals surface area (Å²) in [5, 5.41) is 7.01. The van der Waals surface area contributed by atoms with Gasteiger partial charge in [0.2, 0.25) is 11.8 Å². The van der Waals surface area contributed by atoms with Crippen LogP contribution in [0.2, 0.25) is 0 Å². The Bertz CT molecular complexity index is 753. The minimum Gasteiger partial charge on any atom is -0.350 e. The molecule has 6 heteroatoms. The molecule has 126 valence electrons. The quantitative estimate of drug-likeness (QED) is 0.927. The molecule has 1 atom stereocenters. The summed E-state index contributed by atoms with van der Waals surface area (Å²) in [6.45, 7) is 2.66. The molecule has 0 saturated carbocycles. The Hall–Kier alpha value is -2.63. The Labute approximate surface area is 141 Å². The molecule has 0 aliphatic carbocycles. The fraction of sp³-hybridized carbons (Fsp3) is 0.389. The van der Waals surface area contributed by atoms with E-state index in [1.165, 1.54) is 5.56 Å². The first-order valence-electron chi connectivity index (χ1n) is 8.15. The molecule has 3 rings (SSSR count). The average Bonchev–Trinajstić information content (AvgIpc) is 2.98. The highest BCUT2D eigenvalue weighted by molar-refractivity contribution is 5.79. The Morgan fingerprint density at radius 3 is 2.79 bits per heavy atom. The molecule has 1 aliphatic heterocycles. The molecule has 1 N–H and O–H groups in total. The summed E-state index contributed by atoms with van der Waals surface area (Å²) >= 11 is 0. The molecule has 2 aromatic rings. The van der Waals surface area contributed by atoms with Crippen molar-refractivity contribution in [2.75, 3.05) is 6.54 Å². The van der Waals surface area contributed by atoms with Gasteiger partial charge in [0.15, 0.2) is 0 Å². The number of rotatable bonds is 4. The van der Waals surface area contributed by atoms with E-state index in [1.807, 2.05) is 31.3 Å². The second kappa shape index (κ2) is 6.86. The van der Waals surface area contributed by atoms with Gasteiger partial charge in [-0.1, -0.05) is 24.3 Å². The number of nitrogens with zero attached hydrogens (tertiary/aromatic N) is 3. The fourth-order valence-corrected chi connectivity index (χ4v) is 3.26. The standard InChI is InChI=1S/C18H22N4O2/c1-13(23)22-10-8-14-5-3-4-6-16(14)17(22)11-18(24)19-12-15-7-9-20-21(15)2/h3-7,9,17H,8,10-12H2,1-2H3,(H,19,24)/t17-/m1/s1. The lowest BCUT2D eigenvalue weighted by Crippen LogP contribution is -2.41. The first-order chi connectivity index (χ1) is 11.6. The van der Waals surface area contributed by atoms with Crippen LogP contribution in [-0.2, 0) is 29.6 Å². The van der Waals surface area contributed by atoms with Crippen molar-refractivity contribution < 1.29 is 9.59 Å². The number of hydrogen-bond acceptors (Lipinski definition) is 3. The molecule has 0 fully saturated rings. The highest BCUT2D eigenvalue weighted by atomic mass is 16.2. The van der Waals surface area contributed by atoms with Gasteiger partial charge in [0, 0.05) is 26.7 Å². The van der Waals surface area contributed by atoms with Gasteiger partial charge in [-0.05, 0) is 23.6 Å². The monoisotopic (exact) mass is 326 g/mol. The second-order valence-electron chi connectivity index (χ2n) is 6.10.